The van der Waals surface area contributed by atoms with Crippen LogP contribution in [0.25, 0.3) is 0 Å². The number of thiophene rings is 1. The highest BCUT2D eigenvalue weighted by molar-refractivity contribution is 7.09. The lowest BCUT2D eigenvalue weighted by Gasteiger charge is -2.07. The Kier molecular flexibility index (Phi) is 5.15. The second kappa shape index (κ2) is 7.07. The third-order valence-electron chi connectivity index (χ3n) is 2.60. The molecule has 0 unspecified atom stereocenters. The van der Waals surface area contributed by atoms with E-state index in [4.69, 9.17) is 11.6 Å². The SMILES string of the molecule is O=C(CCc1cccs1)NNC(=O)c1ccc(Cl)cc1. The zero-order valence-electron chi connectivity index (χ0n) is 10.6. The van der Waals surface area contributed by atoms with Crippen molar-refractivity contribution in [1.82, 2.24) is 10.9 Å². The molecular formula is C14H13ClN2O2S. The van der Waals surface area contributed by atoms with Gasteiger partial charge in [-0.2, -0.15) is 0 Å². The van der Waals surface area contributed by atoms with E-state index in [2.05, 4.69) is 10.9 Å². The summed E-state index contributed by atoms with van der Waals surface area (Å²) < 4.78 is 0. The average molecular weight is 309 g/mol. The Hall–Kier alpha value is -1.85. The number of nitrogens with one attached hydrogen (secondary N) is 2. The van der Waals surface area contributed by atoms with Crippen molar-refractivity contribution in [3.05, 3.63) is 57.2 Å². The summed E-state index contributed by atoms with van der Waals surface area (Å²) in [5.41, 5.74) is 5.20. The molecule has 0 radical (unpaired) electrons. The second-order valence-electron chi connectivity index (χ2n) is 4.09. The summed E-state index contributed by atoms with van der Waals surface area (Å²) in [6.45, 7) is 0. The number of hydrogen-bond acceptors (Lipinski definition) is 3. The number of benzene rings is 1. The number of hydrazine groups is 1. The lowest BCUT2D eigenvalue weighted by molar-refractivity contribution is -0.121. The molecule has 0 saturated heterocycles. The third-order valence-corrected chi connectivity index (χ3v) is 3.79. The molecule has 0 aliphatic heterocycles. The summed E-state index contributed by atoms with van der Waals surface area (Å²) >= 11 is 7.34. The van der Waals surface area contributed by atoms with E-state index in [1.807, 2.05) is 17.5 Å². The van der Waals surface area contributed by atoms with Gasteiger partial charge < -0.3 is 0 Å². The maximum Gasteiger partial charge on any atom is 0.269 e. The smallest absolute Gasteiger partial charge is 0.269 e. The van der Waals surface area contributed by atoms with Gasteiger partial charge in [-0.15, -0.1) is 11.3 Å². The van der Waals surface area contributed by atoms with E-state index in [0.29, 0.717) is 23.4 Å². The van der Waals surface area contributed by atoms with E-state index >= 15 is 0 Å². The van der Waals surface area contributed by atoms with Gasteiger partial charge in [0.05, 0.1) is 0 Å². The Labute approximate surface area is 125 Å². The van der Waals surface area contributed by atoms with Gasteiger partial charge in [-0.1, -0.05) is 17.7 Å². The number of rotatable bonds is 4. The zero-order valence-corrected chi connectivity index (χ0v) is 12.1. The Morgan fingerprint density at radius 2 is 1.85 bits per heavy atom. The average Bonchev–Trinajstić information content (AvgIpc) is 2.96. The molecule has 20 heavy (non-hydrogen) atoms. The molecule has 2 rings (SSSR count). The Morgan fingerprint density at radius 3 is 2.50 bits per heavy atom. The predicted molar refractivity (Wildman–Crippen MR) is 79.7 cm³/mol. The number of carbonyl (C=O) groups is 2. The number of halogens is 1. The van der Waals surface area contributed by atoms with Gasteiger partial charge >= 0.3 is 0 Å². The number of carbonyl (C=O) groups excluding carboxylic acids is 2. The number of amides is 2. The highest BCUT2D eigenvalue weighted by Crippen LogP contribution is 2.11. The molecule has 4 nitrogen and oxygen atoms in total. The fourth-order valence-electron chi connectivity index (χ4n) is 1.55. The van der Waals surface area contributed by atoms with Gasteiger partial charge in [-0.25, -0.2) is 0 Å². The van der Waals surface area contributed by atoms with Crippen molar-refractivity contribution in [3.8, 4) is 0 Å². The standard InChI is InChI=1S/C14H13ClN2O2S/c15-11-5-3-10(4-6-11)14(19)17-16-13(18)8-7-12-2-1-9-20-12/h1-6,9H,7-8H2,(H,16,18)(H,17,19). The maximum absolute atomic E-state index is 11.7. The molecule has 1 heterocycles. The van der Waals surface area contributed by atoms with E-state index in [9.17, 15) is 9.59 Å². The van der Waals surface area contributed by atoms with E-state index < -0.39 is 0 Å². The van der Waals surface area contributed by atoms with Crippen LogP contribution >= 0.6 is 22.9 Å². The second-order valence-corrected chi connectivity index (χ2v) is 5.56. The van der Waals surface area contributed by atoms with E-state index in [-0.39, 0.29) is 11.8 Å². The first-order chi connectivity index (χ1) is 9.65. The van der Waals surface area contributed by atoms with Crippen molar-refractivity contribution in [1.29, 1.82) is 0 Å². The fourth-order valence-corrected chi connectivity index (χ4v) is 2.39. The largest absolute Gasteiger partial charge is 0.273 e. The minimum absolute atomic E-state index is 0.222. The minimum atomic E-state index is -0.369. The third kappa shape index (κ3) is 4.36. The van der Waals surface area contributed by atoms with Crippen molar-refractivity contribution in [2.45, 2.75) is 12.8 Å². The van der Waals surface area contributed by atoms with Crippen LogP contribution in [-0.4, -0.2) is 11.8 Å². The van der Waals surface area contributed by atoms with E-state index in [1.165, 1.54) is 0 Å². The summed E-state index contributed by atoms with van der Waals surface area (Å²) in [5, 5.41) is 2.52. The van der Waals surface area contributed by atoms with E-state index in [1.54, 1.807) is 35.6 Å². The van der Waals surface area contributed by atoms with Crippen molar-refractivity contribution < 1.29 is 9.59 Å². The quantitative estimate of drug-likeness (QED) is 0.853. The van der Waals surface area contributed by atoms with Crippen molar-refractivity contribution in [2.75, 3.05) is 0 Å². The summed E-state index contributed by atoms with van der Waals surface area (Å²) in [4.78, 5) is 24.5. The summed E-state index contributed by atoms with van der Waals surface area (Å²) in [6, 6.07) is 10.3. The molecule has 0 bridgehead atoms. The Balaban J connectivity index is 1.75. The molecule has 2 N–H and O–H groups in total. The Morgan fingerprint density at radius 1 is 1.10 bits per heavy atom. The van der Waals surface area contributed by atoms with Crippen LogP contribution in [0.3, 0.4) is 0 Å². The van der Waals surface area contributed by atoms with Crippen LogP contribution in [0.4, 0.5) is 0 Å². The summed E-state index contributed by atoms with van der Waals surface area (Å²) in [7, 11) is 0. The Bertz CT molecular complexity index is 582. The van der Waals surface area contributed by atoms with Crippen molar-refractivity contribution in [3.63, 3.8) is 0 Å². The maximum atomic E-state index is 11.7. The van der Waals surface area contributed by atoms with Crippen LogP contribution in [0.2, 0.25) is 5.02 Å². The zero-order chi connectivity index (χ0) is 14.4. The molecule has 0 fully saturated rings. The lowest BCUT2D eigenvalue weighted by atomic mass is 10.2. The van der Waals surface area contributed by atoms with Gasteiger partial charge in [0.2, 0.25) is 5.91 Å². The normalized spacial score (nSPS) is 10.1. The summed E-state index contributed by atoms with van der Waals surface area (Å²) in [6.07, 6.45) is 1.00. The monoisotopic (exact) mass is 308 g/mol. The fraction of sp³-hybridized carbons (Fsp3) is 0.143. The highest BCUT2D eigenvalue weighted by atomic mass is 35.5. The van der Waals surface area contributed by atoms with Crippen LogP contribution in [0.5, 0.6) is 0 Å². The number of aryl methyl sites for hydroxylation is 1. The molecule has 0 aliphatic carbocycles. The van der Waals surface area contributed by atoms with Gasteiger partial charge in [0.15, 0.2) is 0 Å². The molecule has 6 heteroatoms. The first-order valence-corrected chi connectivity index (χ1v) is 7.28. The summed E-state index contributed by atoms with van der Waals surface area (Å²) in [5.74, 6) is -0.591. The first-order valence-electron chi connectivity index (χ1n) is 6.02. The molecule has 0 atom stereocenters. The molecule has 0 aliphatic rings. The van der Waals surface area contributed by atoms with Gasteiger partial charge in [0.25, 0.3) is 5.91 Å². The van der Waals surface area contributed by atoms with Crippen LogP contribution in [0, 0.1) is 0 Å². The minimum Gasteiger partial charge on any atom is -0.273 e. The van der Waals surface area contributed by atoms with Gasteiger partial charge in [0, 0.05) is 21.9 Å². The molecule has 0 spiro atoms. The highest BCUT2D eigenvalue weighted by Gasteiger charge is 2.07. The van der Waals surface area contributed by atoms with Gasteiger partial charge in [-0.3, -0.25) is 20.4 Å². The van der Waals surface area contributed by atoms with Crippen LogP contribution in [0.15, 0.2) is 41.8 Å². The van der Waals surface area contributed by atoms with Crippen LogP contribution in [0.1, 0.15) is 21.7 Å². The van der Waals surface area contributed by atoms with Crippen LogP contribution in [-0.2, 0) is 11.2 Å². The molecule has 1 aromatic carbocycles. The topological polar surface area (TPSA) is 58.2 Å². The van der Waals surface area contributed by atoms with Crippen molar-refractivity contribution >= 4 is 34.8 Å². The molecule has 0 saturated carbocycles. The van der Waals surface area contributed by atoms with Crippen molar-refractivity contribution in [2.24, 2.45) is 0 Å². The lowest BCUT2D eigenvalue weighted by Crippen LogP contribution is -2.41. The molecule has 1 aromatic heterocycles. The van der Waals surface area contributed by atoms with E-state index in [0.717, 1.165) is 4.88 Å². The molecule has 2 amide bonds. The van der Waals surface area contributed by atoms with Gasteiger partial charge in [0.1, 0.15) is 0 Å². The predicted octanol–water partition coefficient (Wildman–Crippen LogP) is 2.80. The van der Waals surface area contributed by atoms with Gasteiger partial charge in [-0.05, 0) is 42.1 Å². The molecule has 104 valence electrons. The van der Waals surface area contributed by atoms with Crippen LogP contribution < -0.4 is 10.9 Å². The molecule has 2 aromatic rings. The number of hydrogen-bond donors (Lipinski definition) is 2. The first kappa shape index (κ1) is 14.6. The molecular weight excluding hydrogens is 296 g/mol.